The van der Waals surface area contributed by atoms with E-state index in [1.165, 1.54) is 16.7 Å². The molecular weight excluding hydrogens is 280 g/mol. The highest BCUT2D eigenvalue weighted by molar-refractivity contribution is 5.96. The fourth-order valence-electron chi connectivity index (χ4n) is 2.79. The van der Waals surface area contributed by atoms with E-state index < -0.39 is 0 Å². The molecular formula is C21H16N2. The number of hydrogen-bond acceptors (Lipinski definition) is 2. The van der Waals surface area contributed by atoms with Crippen LogP contribution in [0.1, 0.15) is 5.56 Å². The molecule has 2 heterocycles. The van der Waals surface area contributed by atoms with Crippen molar-refractivity contribution in [2.75, 3.05) is 0 Å². The number of benzene rings is 2. The number of fused-ring (bicyclic) bond motifs is 1. The van der Waals surface area contributed by atoms with Gasteiger partial charge in [-0.1, -0.05) is 54.1 Å². The highest BCUT2D eigenvalue weighted by Gasteiger charge is 2.09. The highest BCUT2D eigenvalue weighted by atomic mass is 14.8. The summed E-state index contributed by atoms with van der Waals surface area (Å²) in [5.74, 6) is 0. The van der Waals surface area contributed by atoms with E-state index in [1.807, 2.05) is 24.3 Å². The summed E-state index contributed by atoms with van der Waals surface area (Å²) in [5, 5.41) is 1.16. The largest absolute Gasteiger partial charge is 0.255 e. The van der Waals surface area contributed by atoms with Crippen molar-refractivity contribution in [2.24, 2.45) is 0 Å². The lowest BCUT2D eigenvalue weighted by molar-refractivity contribution is 1.28. The van der Waals surface area contributed by atoms with E-state index in [-0.39, 0.29) is 0 Å². The second-order valence-electron chi connectivity index (χ2n) is 5.65. The van der Waals surface area contributed by atoms with Crippen LogP contribution >= 0.6 is 0 Å². The van der Waals surface area contributed by atoms with Gasteiger partial charge in [-0.05, 0) is 42.3 Å². The molecule has 0 spiro atoms. The monoisotopic (exact) mass is 296 g/mol. The number of para-hydroxylation sites is 1. The Hall–Kier alpha value is -3.00. The Balaban J connectivity index is 2.00. The van der Waals surface area contributed by atoms with Gasteiger partial charge >= 0.3 is 0 Å². The Morgan fingerprint density at radius 2 is 1.52 bits per heavy atom. The maximum atomic E-state index is 4.79. The Morgan fingerprint density at radius 1 is 0.739 bits per heavy atom. The van der Waals surface area contributed by atoms with E-state index in [0.29, 0.717) is 0 Å². The summed E-state index contributed by atoms with van der Waals surface area (Å²) in [4.78, 5) is 9.23. The molecule has 23 heavy (non-hydrogen) atoms. The average molecular weight is 296 g/mol. The zero-order chi connectivity index (χ0) is 15.6. The first-order chi connectivity index (χ1) is 11.3. The normalized spacial score (nSPS) is 10.8. The summed E-state index contributed by atoms with van der Waals surface area (Å²) in [5.41, 5.74) is 6.44. The lowest BCUT2D eigenvalue weighted by Gasteiger charge is -2.10. The molecule has 0 radical (unpaired) electrons. The molecule has 0 atom stereocenters. The van der Waals surface area contributed by atoms with Gasteiger partial charge in [0.15, 0.2) is 0 Å². The van der Waals surface area contributed by atoms with Gasteiger partial charge in [0.25, 0.3) is 0 Å². The van der Waals surface area contributed by atoms with Crippen molar-refractivity contribution in [3.63, 3.8) is 0 Å². The number of hydrogen-bond donors (Lipinski definition) is 0. The predicted molar refractivity (Wildman–Crippen MR) is 95.1 cm³/mol. The first kappa shape index (κ1) is 13.6. The number of aromatic nitrogens is 2. The van der Waals surface area contributed by atoms with Crippen LogP contribution < -0.4 is 0 Å². The second kappa shape index (κ2) is 5.65. The van der Waals surface area contributed by atoms with Crippen molar-refractivity contribution >= 4 is 10.9 Å². The molecule has 0 N–H and O–H groups in total. The van der Waals surface area contributed by atoms with Crippen molar-refractivity contribution in [1.29, 1.82) is 0 Å². The molecule has 0 fully saturated rings. The van der Waals surface area contributed by atoms with Crippen molar-refractivity contribution in [1.82, 2.24) is 9.97 Å². The lowest BCUT2D eigenvalue weighted by Crippen LogP contribution is -1.91. The van der Waals surface area contributed by atoms with Crippen LogP contribution in [-0.4, -0.2) is 9.97 Å². The van der Waals surface area contributed by atoms with Crippen molar-refractivity contribution in [3.8, 4) is 22.5 Å². The lowest BCUT2D eigenvalue weighted by atomic mass is 9.98. The van der Waals surface area contributed by atoms with Crippen LogP contribution in [0.5, 0.6) is 0 Å². The minimum absolute atomic E-state index is 0.895. The molecule has 0 aliphatic heterocycles. The van der Waals surface area contributed by atoms with Crippen molar-refractivity contribution in [3.05, 3.63) is 84.6 Å². The summed E-state index contributed by atoms with van der Waals surface area (Å²) < 4.78 is 0. The van der Waals surface area contributed by atoms with Crippen LogP contribution in [0, 0.1) is 6.92 Å². The molecule has 0 amide bonds. The smallest absolute Gasteiger partial charge is 0.0900 e. The van der Waals surface area contributed by atoms with Crippen LogP contribution in [0.3, 0.4) is 0 Å². The Morgan fingerprint density at radius 3 is 2.30 bits per heavy atom. The number of aryl methyl sites for hydroxylation is 1. The molecule has 2 aromatic carbocycles. The van der Waals surface area contributed by atoms with Crippen molar-refractivity contribution < 1.29 is 0 Å². The topological polar surface area (TPSA) is 25.8 Å². The Kier molecular flexibility index (Phi) is 3.35. The van der Waals surface area contributed by atoms with Gasteiger partial charge in [0.05, 0.1) is 16.9 Å². The molecule has 0 saturated heterocycles. The fraction of sp³-hybridized carbons (Fsp3) is 0.0476. The highest BCUT2D eigenvalue weighted by Crippen LogP contribution is 2.31. The maximum Gasteiger partial charge on any atom is 0.0900 e. The SMILES string of the molecule is Cc1ccc(-c2cc(-c3ccccn3)nc3ccccc23)cc1. The quantitative estimate of drug-likeness (QED) is 0.503. The van der Waals surface area contributed by atoms with Crippen LogP contribution in [0.2, 0.25) is 0 Å². The first-order valence-electron chi connectivity index (χ1n) is 7.69. The van der Waals surface area contributed by atoms with Gasteiger partial charge in [-0.15, -0.1) is 0 Å². The van der Waals surface area contributed by atoms with E-state index >= 15 is 0 Å². The van der Waals surface area contributed by atoms with Crippen LogP contribution in [0.15, 0.2) is 79.0 Å². The van der Waals surface area contributed by atoms with Gasteiger partial charge in [-0.3, -0.25) is 4.98 Å². The van der Waals surface area contributed by atoms with Crippen molar-refractivity contribution in [2.45, 2.75) is 6.92 Å². The van der Waals surface area contributed by atoms with Gasteiger partial charge in [0.2, 0.25) is 0 Å². The summed E-state index contributed by atoms with van der Waals surface area (Å²) in [6.07, 6.45) is 1.80. The number of rotatable bonds is 2. The number of nitrogens with zero attached hydrogens (tertiary/aromatic N) is 2. The predicted octanol–water partition coefficient (Wildman–Crippen LogP) is 5.27. The molecule has 4 aromatic rings. The summed E-state index contributed by atoms with van der Waals surface area (Å²) in [6, 6.07) is 24.9. The third-order valence-corrected chi connectivity index (χ3v) is 4.01. The van der Waals surface area contributed by atoms with E-state index in [1.54, 1.807) is 6.20 Å². The van der Waals surface area contributed by atoms with Gasteiger partial charge in [-0.2, -0.15) is 0 Å². The van der Waals surface area contributed by atoms with Crippen LogP contribution in [0.25, 0.3) is 33.4 Å². The third kappa shape index (κ3) is 2.59. The molecule has 0 aliphatic rings. The van der Waals surface area contributed by atoms with Gasteiger partial charge in [-0.25, -0.2) is 4.98 Å². The Labute approximate surface area is 135 Å². The molecule has 2 aromatic heterocycles. The third-order valence-electron chi connectivity index (χ3n) is 4.01. The molecule has 0 unspecified atom stereocenters. The molecule has 2 nitrogen and oxygen atoms in total. The van der Waals surface area contributed by atoms with Gasteiger partial charge in [0, 0.05) is 11.6 Å². The van der Waals surface area contributed by atoms with Crippen LogP contribution in [0.4, 0.5) is 0 Å². The maximum absolute atomic E-state index is 4.79. The molecule has 110 valence electrons. The second-order valence-corrected chi connectivity index (χ2v) is 5.65. The minimum Gasteiger partial charge on any atom is -0.255 e. The number of pyridine rings is 2. The molecule has 0 aliphatic carbocycles. The van der Waals surface area contributed by atoms with Crippen LogP contribution in [-0.2, 0) is 0 Å². The molecule has 2 heteroatoms. The summed E-state index contributed by atoms with van der Waals surface area (Å²) in [7, 11) is 0. The van der Waals surface area contributed by atoms with E-state index in [4.69, 9.17) is 4.98 Å². The molecule has 0 saturated carbocycles. The first-order valence-corrected chi connectivity index (χ1v) is 7.69. The van der Waals surface area contributed by atoms with Gasteiger partial charge in [0.1, 0.15) is 0 Å². The fourth-order valence-corrected chi connectivity index (χ4v) is 2.79. The van der Waals surface area contributed by atoms with E-state index in [9.17, 15) is 0 Å². The standard InChI is InChI=1S/C21H16N2/c1-15-9-11-16(12-10-15)18-14-21(20-8-4-5-13-22-20)23-19-7-3-2-6-17(18)19/h2-14H,1H3. The average Bonchev–Trinajstić information content (AvgIpc) is 2.62. The van der Waals surface area contributed by atoms with Gasteiger partial charge < -0.3 is 0 Å². The van der Waals surface area contributed by atoms with E-state index in [2.05, 4.69) is 60.4 Å². The molecule has 0 bridgehead atoms. The summed E-state index contributed by atoms with van der Waals surface area (Å²) >= 11 is 0. The zero-order valence-corrected chi connectivity index (χ0v) is 12.9. The van der Waals surface area contributed by atoms with E-state index in [0.717, 1.165) is 22.3 Å². The summed E-state index contributed by atoms with van der Waals surface area (Å²) in [6.45, 7) is 2.10. The minimum atomic E-state index is 0.895. The molecule has 4 rings (SSSR count). The Bertz CT molecular complexity index is 958. The zero-order valence-electron chi connectivity index (χ0n) is 12.9.